The first-order valence-electron chi connectivity index (χ1n) is 6.92. The Hall–Kier alpha value is -1.91. The summed E-state index contributed by atoms with van der Waals surface area (Å²) in [7, 11) is 3.42. The fraction of sp³-hybridized carbons (Fsp3) is 0.533. The molecule has 2 heterocycles. The number of rotatable bonds is 3. The Morgan fingerprint density at radius 2 is 2.15 bits per heavy atom. The third-order valence-corrected chi connectivity index (χ3v) is 3.73. The number of nitrogens with zero attached hydrogens (tertiary/aromatic N) is 3. The van der Waals surface area contributed by atoms with Crippen molar-refractivity contribution in [3.05, 3.63) is 24.0 Å². The predicted octanol–water partition coefficient (Wildman–Crippen LogP) is 1.59. The van der Waals surface area contributed by atoms with E-state index in [1.165, 1.54) is 4.90 Å². The zero-order valence-corrected chi connectivity index (χ0v) is 12.3. The van der Waals surface area contributed by atoms with Gasteiger partial charge in [0.25, 0.3) is 5.91 Å². The minimum atomic E-state index is -0.105. The largest absolute Gasteiger partial charge is 0.371 e. The summed E-state index contributed by atoms with van der Waals surface area (Å²) < 4.78 is 0. The van der Waals surface area contributed by atoms with E-state index in [4.69, 9.17) is 0 Å². The van der Waals surface area contributed by atoms with Crippen LogP contribution in [0.4, 0.5) is 5.69 Å². The van der Waals surface area contributed by atoms with Crippen LogP contribution in [0.25, 0.3) is 0 Å². The summed E-state index contributed by atoms with van der Waals surface area (Å²) in [5.74, 6) is 0.241. The van der Waals surface area contributed by atoms with E-state index >= 15 is 0 Å². The maximum absolute atomic E-state index is 11.9. The highest BCUT2D eigenvalue weighted by atomic mass is 16.2. The van der Waals surface area contributed by atoms with Gasteiger partial charge in [0.1, 0.15) is 11.5 Å². The van der Waals surface area contributed by atoms with Gasteiger partial charge < -0.3 is 9.80 Å². The molecule has 0 aromatic carbocycles. The number of ketones is 1. The van der Waals surface area contributed by atoms with Gasteiger partial charge in [-0.2, -0.15) is 0 Å². The standard InChI is InChI=1S/C15H21N3O2/c1-11(19)12-5-4-8-18(10-12)13-6-7-16-14(9-13)15(20)17(2)3/h6-7,9,12H,4-5,8,10H2,1-3H3. The molecule has 0 spiro atoms. The van der Waals surface area contributed by atoms with Crippen LogP contribution in [0.1, 0.15) is 30.3 Å². The summed E-state index contributed by atoms with van der Waals surface area (Å²) in [5, 5.41) is 0. The van der Waals surface area contributed by atoms with E-state index in [0.717, 1.165) is 31.6 Å². The van der Waals surface area contributed by atoms with Crippen molar-refractivity contribution < 1.29 is 9.59 Å². The highest BCUT2D eigenvalue weighted by Crippen LogP contribution is 2.24. The third kappa shape index (κ3) is 3.15. The summed E-state index contributed by atoms with van der Waals surface area (Å²) in [4.78, 5) is 31.3. The number of carbonyl (C=O) groups excluding carboxylic acids is 2. The van der Waals surface area contributed by atoms with E-state index in [0.29, 0.717) is 5.69 Å². The summed E-state index contributed by atoms with van der Waals surface area (Å²) in [6, 6.07) is 3.71. The van der Waals surface area contributed by atoms with E-state index in [9.17, 15) is 9.59 Å². The summed E-state index contributed by atoms with van der Waals surface area (Å²) >= 11 is 0. The average molecular weight is 275 g/mol. The molecule has 1 fully saturated rings. The van der Waals surface area contributed by atoms with Crippen molar-refractivity contribution >= 4 is 17.4 Å². The normalized spacial score (nSPS) is 18.8. The molecular formula is C15H21N3O2. The van der Waals surface area contributed by atoms with Crippen LogP contribution in [0.2, 0.25) is 0 Å². The highest BCUT2D eigenvalue weighted by molar-refractivity contribution is 5.92. The van der Waals surface area contributed by atoms with Crippen molar-refractivity contribution in [3.63, 3.8) is 0 Å². The van der Waals surface area contributed by atoms with Crippen LogP contribution in [0.5, 0.6) is 0 Å². The molecule has 1 aliphatic rings. The van der Waals surface area contributed by atoms with Gasteiger partial charge in [0, 0.05) is 45.0 Å². The summed E-state index contributed by atoms with van der Waals surface area (Å²) in [5.41, 5.74) is 1.41. The van der Waals surface area contributed by atoms with E-state index in [-0.39, 0.29) is 17.6 Å². The van der Waals surface area contributed by atoms with Crippen LogP contribution in [-0.2, 0) is 4.79 Å². The highest BCUT2D eigenvalue weighted by Gasteiger charge is 2.24. The number of hydrogen-bond donors (Lipinski definition) is 0. The number of Topliss-reactive ketones (excluding diaryl/α,β-unsaturated/α-hetero) is 1. The zero-order valence-electron chi connectivity index (χ0n) is 12.3. The first-order chi connectivity index (χ1) is 9.49. The Kier molecular flexibility index (Phi) is 4.37. The molecule has 0 N–H and O–H groups in total. The maximum Gasteiger partial charge on any atom is 0.272 e. The van der Waals surface area contributed by atoms with Gasteiger partial charge in [-0.1, -0.05) is 0 Å². The average Bonchev–Trinajstić information content (AvgIpc) is 2.46. The van der Waals surface area contributed by atoms with Crippen LogP contribution in [0.15, 0.2) is 18.3 Å². The van der Waals surface area contributed by atoms with Crippen molar-refractivity contribution in [2.24, 2.45) is 5.92 Å². The minimum Gasteiger partial charge on any atom is -0.371 e. The van der Waals surface area contributed by atoms with Crippen LogP contribution in [0, 0.1) is 5.92 Å². The minimum absolute atomic E-state index is 0.102. The Morgan fingerprint density at radius 3 is 2.80 bits per heavy atom. The second-order valence-corrected chi connectivity index (χ2v) is 5.49. The van der Waals surface area contributed by atoms with Gasteiger partial charge in [0.05, 0.1) is 0 Å². The van der Waals surface area contributed by atoms with Gasteiger partial charge in [-0.3, -0.25) is 14.6 Å². The Morgan fingerprint density at radius 1 is 1.40 bits per heavy atom. The Labute approximate surface area is 119 Å². The lowest BCUT2D eigenvalue weighted by Gasteiger charge is -2.33. The topological polar surface area (TPSA) is 53.5 Å². The molecule has 0 radical (unpaired) electrons. The first-order valence-corrected chi connectivity index (χ1v) is 6.92. The number of pyridine rings is 1. The van der Waals surface area contributed by atoms with E-state index < -0.39 is 0 Å². The fourth-order valence-electron chi connectivity index (χ4n) is 2.51. The molecular weight excluding hydrogens is 254 g/mol. The number of anilines is 1. The molecule has 1 saturated heterocycles. The lowest BCUT2D eigenvalue weighted by Crippen LogP contribution is -2.38. The maximum atomic E-state index is 11.9. The van der Waals surface area contributed by atoms with Crippen LogP contribution in [-0.4, -0.2) is 48.8 Å². The van der Waals surface area contributed by atoms with Gasteiger partial charge in [-0.15, -0.1) is 0 Å². The lowest BCUT2D eigenvalue weighted by molar-refractivity contribution is -0.120. The quantitative estimate of drug-likeness (QED) is 0.840. The Bertz CT molecular complexity index is 514. The summed E-state index contributed by atoms with van der Waals surface area (Å²) in [6.07, 6.45) is 3.62. The molecule has 1 atom stereocenters. The van der Waals surface area contributed by atoms with Crippen molar-refractivity contribution in [3.8, 4) is 0 Å². The van der Waals surface area contributed by atoms with Gasteiger partial charge in [-0.05, 0) is 31.9 Å². The van der Waals surface area contributed by atoms with Gasteiger partial charge >= 0.3 is 0 Å². The molecule has 0 aliphatic carbocycles. The van der Waals surface area contributed by atoms with Crippen LogP contribution < -0.4 is 4.90 Å². The Balaban J connectivity index is 2.18. The molecule has 5 nitrogen and oxygen atoms in total. The zero-order chi connectivity index (χ0) is 14.7. The van der Waals surface area contributed by atoms with Crippen molar-refractivity contribution in [1.29, 1.82) is 0 Å². The smallest absolute Gasteiger partial charge is 0.272 e. The van der Waals surface area contributed by atoms with E-state index in [2.05, 4.69) is 9.88 Å². The number of aromatic nitrogens is 1. The molecule has 0 saturated carbocycles. The van der Waals surface area contributed by atoms with Gasteiger partial charge in [0.2, 0.25) is 0 Å². The van der Waals surface area contributed by atoms with Gasteiger partial charge in [-0.25, -0.2) is 0 Å². The van der Waals surface area contributed by atoms with E-state index in [1.807, 2.05) is 12.1 Å². The SMILES string of the molecule is CC(=O)C1CCCN(c2ccnc(C(=O)N(C)C)c2)C1. The van der Waals surface area contributed by atoms with Crippen molar-refractivity contribution in [2.75, 3.05) is 32.1 Å². The van der Waals surface area contributed by atoms with Crippen molar-refractivity contribution in [2.45, 2.75) is 19.8 Å². The van der Waals surface area contributed by atoms with Crippen molar-refractivity contribution in [1.82, 2.24) is 9.88 Å². The molecule has 0 bridgehead atoms. The molecule has 1 aliphatic heterocycles. The molecule has 1 unspecified atom stereocenters. The second-order valence-electron chi connectivity index (χ2n) is 5.49. The van der Waals surface area contributed by atoms with Gasteiger partial charge in [0.15, 0.2) is 0 Å². The third-order valence-electron chi connectivity index (χ3n) is 3.73. The lowest BCUT2D eigenvalue weighted by atomic mass is 9.94. The first kappa shape index (κ1) is 14.5. The molecule has 2 rings (SSSR count). The number of carbonyl (C=O) groups is 2. The molecule has 108 valence electrons. The number of piperidine rings is 1. The van der Waals surface area contributed by atoms with Crippen LogP contribution >= 0.6 is 0 Å². The fourth-order valence-corrected chi connectivity index (χ4v) is 2.51. The monoisotopic (exact) mass is 275 g/mol. The number of amides is 1. The predicted molar refractivity (Wildman–Crippen MR) is 77.9 cm³/mol. The second kappa shape index (κ2) is 6.03. The van der Waals surface area contributed by atoms with E-state index in [1.54, 1.807) is 27.2 Å². The van der Waals surface area contributed by atoms with Crippen LogP contribution in [0.3, 0.4) is 0 Å². The number of hydrogen-bond acceptors (Lipinski definition) is 4. The molecule has 5 heteroatoms. The molecule has 1 amide bonds. The summed E-state index contributed by atoms with van der Waals surface area (Å²) in [6.45, 7) is 3.31. The molecule has 20 heavy (non-hydrogen) atoms. The molecule has 1 aromatic heterocycles. The molecule has 1 aromatic rings.